The number of nitrogens with zero attached hydrogens (tertiary/aromatic N) is 1. The second-order valence-electron chi connectivity index (χ2n) is 5.80. The number of benzene rings is 1. The van der Waals surface area contributed by atoms with E-state index >= 15 is 0 Å². The Labute approximate surface area is 115 Å². The van der Waals surface area contributed by atoms with Crippen LogP contribution in [0.3, 0.4) is 0 Å². The monoisotopic (exact) mass is 254 g/mol. The van der Waals surface area contributed by atoms with E-state index in [1.807, 2.05) is 6.20 Å². The average Bonchev–Trinajstić information content (AvgIpc) is 2.38. The number of hydrogen-bond donors (Lipinski definition) is 1. The molecule has 1 aromatic heterocycles. The fraction of sp³-hybridized carbons (Fsp3) is 0.353. The molecule has 0 fully saturated rings. The highest BCUT2D eigenvalue weighted by atomic mass is 14.9. The molecule has 2 heteroatoms. The van der Waals surface area contributed by atoms with Gasteiger partial charge in [-0.25, -0.2) is 0 Å². The summed E-state index contributed by atoms with van der Waals surface area (Å²) in [5.41, 5.74) is 2.43. The van der Waals surface area contributed by atoms with Crippen LogP contribution in [0.4, 0.5) is 0 Å². The van der Waals surface area contributed by atoms with Crippen LogP contribution in [0.2, 0.25) is 0 Å². The SMILES string of the molecule is C/C=C(/CNC(C)(C)C)c1nccc2ccccc12. The molecule has 19 heavy (non-hydrogen) atoms. The summed E-state index contributed by atoms with van der Waals surface area (Å²) in [5, 5.41) is 5.98. The molecule has 0 spiro atoms. The molecule has 1 aromatic carbocycles. The van der Waals surface area contributed by atoms with Gasteiger partial charge in [0.15, 0.2) is 0 Å². The fourth-order valence-corrected chi connectivity index (χ4v) is 2.06. The molecule has 0 aliphatic heterocycles. The summed E-state index contributed by atoms with van der Waals surface area (Å²) in [5.74, 6) is 0. The van der Waals surface area contributed by atoms with Crippen LogP contribution < -0.4 is 5.32 Å². The largest absolute Gasteiger partial charge is 0.308 e. The summed E-state index contributed by atoms with van der Waals surface area (Å²) in [7, 11) is 0. The summed E-state index contributed by atoms with van der Waals surface area (Å²) in [4.78, 5) is 4.57. The first-order chi connectivity index (χ1) is 9.01. The molecule has 0 bridgehead atoms. The predicted molar refractivity (Wildman–Crippen MR) is 83.1 cm³/mol. The zero-order valence-corrected chi connectivity index (χ0v) is 12.2. The zero-order valence-electron chi connectivity index (χ0n) is 12.2. The van der Waals surface area contributed by atoms with E-state index in [0.29, 0.717) is 0 Å². The van der Waals surface area contributed by atoms with E-state index in [1.54, 1.807) is 0 Å². The van der Waals surface area contributed by atoms with Crippen molar-refractivity contribution >= 4 is 16.3 Å². The lowest BCUT2D eigenvalue weighted by Gasteiger charge is -2.22. The summed E-state index contributed by atoms with van der Waals surface area (Å²) in [6.07, 6.45) is 4.03. The molecule has 100 valence electrons. The van der Waals surface area contributed by atoms with Crippen molar-refractivity contribution < 1.29 is 0 Å². The van der Waals surface area contributed by atoms with Crippen LogP contribution in [0.1, 0.15) is 33.4 Å². The molecule has 2 aromatic rings. The standard InChI is InChI=1S/C17H22N2/c1-5-13(12-19-17(2,3)4)16-15-9-7-6-8-14(15)10-11-18-16/h5-11,19H,12H2,1-4H3/b13-5-. The second kappa shape index (κ2) is 5.54. The smallest absolute Gasteiger partial charge is 0.0749 e. The Hall–Kier alpha value is -1.67. The second-order valence-corrected chi connectivity index (χ2v) is 5.80. The minimum Gasteiger partial charge on any atom is -0.308 e. The van der Waals surface area contributed by atoms with Gasteiger partial charge in [-0.05, 0) is 44.7 Å². The van der Waals surface area contributed by atoms with Crippen LogP contribution in [-0.2, 0) is 0 Å². The van der Waals surface area contributed by atoms with E-state index in [1.165, 1.54) is 16.3 Å². The maximum Gasteiger partial charge on any atom is 0.0749 e. The molecule has 1 N–H and O–H groups in total. The van der Waals surface area contributed by atoms with E-state index in [-0.39, 0.29) is 5.54 Å². The van der Waals surface area contributed by atoms with E-state index in [0.717, 1.165) is 12.2 Å². The number of pyridine rings is 1. The normalized spacial score (nSPS) is 12.9. The Morgan fingerprint density at radius 3 is 2.63 bits per heavy atom. The number of hydrogen-bond acceptors (Lipinski definition) is 2. The van der Waals surface area contributed by atoms with Crippen molar-refractivity contribution in [3.63, 3.8) is 0 Å². The lowest BCUT2D eigenvalue weighted by atomic mass is 10.0. The van der Waals surface area contributed by atoms with Crippen molar-refractivity contribution in [2.24, 2.45) is 0 Å². The Morgan fingerprint density at radius 2 is 1.95 bits per heavy atom. The molecule has 0 atom stereocenters. The number of nitrogens with one attached hydrogen (secondary N) is 1. The van der Waals surface area contributed by atoms with Gasteiger partial charge in [0.05, 0.1) is 5.69 Å². The Morgan fingerprint density at radius 1 is 1.21 bits per heavy atom. The molecular formula is C17H22N2. The molecule has 2 rings (SSSR count). The van der Waals surface area contributed by atoms with Gasteiger partial charge in [-0.3, -0.25) is 4.98 Å². The average molecular weight is 254 g/mol. The van der Waals surface area contributed by atoms with Crippen molar-refractivity contribution in [1.29, 1.82) is 0 Å². The Bertz CT molecular complexity index is 586. The molecular weight excluding hydrogens is 232 g/mol. The Balaban J connectivity index is 2.37. The lowest BCUT2D eigenvalue weighted by molar-refractivity contribution is 0.452. The van der Waals surface area contributed by atoms with Gasteiger partial charge in [0.2, 0.25) is 0 Å². The minimum atomic E-state index is 0.110. The van der Waals surface area contributed by atoms with Gasteiger partial charge in [-0.1, -0.05) is 30.3 Å². The first-order valence-corrected chi connectivity index (χ1v) is 6.75. The van der Waals surface area contributed by atoms with Crippen LogP contribution in [0.15, 0.2) is 42.6 Å². The number of allylic oxidation sites excluding steroid dienone is 1. The van der Waals surface area contributed by atoms with E-state index < -0.39 is 0 Å². The first-order valence-electron chi connectivity index (χ1n) is 6.75. The third kappa shape index (κ3) is 3.42. The Kier molecular flexibility index (Phi) is 4.01. The summed E-state index contributed by atoms with van der Waals surface area (Å²) in [6.45, 7) is 9.44. The van der Waals surface area contributed by atoms with Crippen LogP contribution in [0, 0.1) is 0 Å². The number of aromatic nitrogens is 1. The van der Waals surface area contributed by atoms with Crippen molar-refractivity contribution in [3.05, 3.63) is 48.3 Å². The molecule has 2 nitrogen and oxygen atoms in total. The van der Waals surface area contributed by atoms with Gasteiger partial charge in [0, 0.05) is 23.7 Å². The van der Waals surface area contributed by atoms with E-state index in [2.05, 4.69) is 74.4 Å². The molecule has 0 saturated carbocycles. The quantitative estimate of drug-likeness (QED) is 0.894. The van der Waals surface area contributed by atoms with Crippen LogP contribution in [0.25, 0.3) is 16.3 Å². The highest BCUT2D eigenvalue weighted by Gasteiger charge is 2.12. The third-order valence-corrected chi connectivity index (χ3v) is 3.14. The summed E-state index contributed by atoms with van der Waals surface area (Å²) < 4.78 is 0. The topological polar surface area (TPSA) is 24.9 Å². The van der Waals surface area contributed by atoms with Gasteiger partial charge in [-0.2, -0.15) is 0 Å². The van der Waals surface area contributed by atoms with Gasteiger partial charge in [0.1, 0.15) is 0 Å². The van der Waals surface area contributed by atoms with Gasteiger partial charge in [-0.15, -0.1) is 0 Å². The molecule has 1 heterocycles. The number of rotatable bonds is 3. The van der Waals surface area contributed by atoms with Gasteiger partial charge in [0.25, 0.3) is 0 Å². The van der Waals surface area contributed by atoms with Crippen LogP contribution >= 0.6 is 0 Å². The van der Waals surface area contributed by atoms with Crippen LogP contribution in [-0.4, -0.2) is 17.1 Å². The van der Waals surface area contributed by atoms with Crippen molar-refractivity contribution in [1.82, 2.24) is 10.3 Å². The minimum absolute atomic E-state index is 0.110. The fourth-order valence-electron chi connectivity index (χ4n) is 2.06. The highest BCUT2D eigenvalue weighted by Crippen LogP contribution is 2.22. The molecule has 0 radical (unpaired) electrons. The van der Waals surface area contributed by atoms with Crippen molar-refractivity contribution in [2.45, 2.75) is 33.2 Å². The van der Waals surface area contributed by atoms with Gasteiger partial charge < -0.3 is 5.32 Å². The molecule has 0 aliphatic rings. The summed E-state index contributed by atoms with van der Waals surface area (Å²) in [6, 6.07) is 10.5. The van der Waals surface area contributed by atoms with Crippen LogP contribution in [0.5, 0.6) is 0 Å². The first kappa shape index (κ1) is 13.8. The predicted octanol–water partition coefficient (Wildman–Crippen LogP) is 4.03. The lowest BCUT2D eigenvalue weighted by Crippen LogP contribution is -2.36. The molecule has 0 aliphatic carbocycles. The number of fused-ring (bicyclic) bond motifs is 1. The zero-order chi connectivity index (χ0) is 13.9. The van der Waals surface area contributed by atoms with Gasteiger partial charge >= 0.3 is 0 Å². The highest BCUT2D eigenvalue weighted by molar-refractivity contribution is 5.92. The maximum atomic E-state index is 4.57. The molecule has 0 amide bonds. The molecule has 0 saturated heterocycles. The van der Waals surface area contributed by atoms with Crippen molar-refractivity contribution in [2.75, 3.05) is 6.54 Å². The third-order valence-electron chi connectivity index (χ3n) is 3.14. The molecule has 0 unspecified atom stereocenters. The van der Waals surface area contributed by atoms with E-state index in [4.69, 9.17) is 0 Å². The maximum absolute atomic E-state index is 4.57. The van der Waals surface area contributed by atoms with Crippen molar-refractivity contribution in [3.8, 4) is 0 Å². The summed E-state index contributed by atoms with van der Waals surface area (Å²) >= 11 is 0. The van der Waals surface area contributed by atoms with E-state index in [9.17, 15) is 0 Å².